The Morgan fingerprint density at radius 1 is 1.47 bits per heavy atom. The van der Waals surface area contributed by atoms with Gasteiger partial charge in [0.25, 0.3) is 0 Å². The molecule has 19 heavy (non-hydrogen) atoms. The molecule has 0 aliphatic carbocycles. The molecule has 0 saturated carbocycles. The molecule has 0 saturated heterocycles. The predicted molar refractivity (Wildman–Crippen MR) is 77.2 cm³/mol. The number of aliphatic imine (C=N–C) groups is 1. The zero-order valence-corrected chi connectivity index (χ0v) is 12.0. The second-order valence-corrected chi connectivity index (χ2v) is 4.93. The first kappa shape index (κ1) is 13.6. The highest BCUT2D eigenvalue weighted by molar-refractivity contribution is 7.09. The van der Waals surface area contributed by atoms with E-state index in [2.05, 4.69) is 20.6 Å². The molecule has 0 atom stereocenters. The Hall–Kier alpha value is -1.82. The molecule has 0 spiro atoms. The molecule has 2 aromatic rings. The van der Waals surface area contributed by atoms with Crippen molar-refractivity contribution in [1.29, 1.82) is 0 Å². The molecule has 2 aromatic heterocycles. The number of furan rings is 1. The Morgan fingerprint density at radius 2 is 2.37 bits per heavy atom. The zero-order chi connectivity index (χ0) is 13.5. The minimum absolute atomic E-state index is 0.532. The molecule has 0 aliphatic rings. The number of aromatic nitrogens is 1. The highest BCUT2D eigenvalue weighted by Crippen LogP contribution is 2.11. The van der Waals surface area contributed by atoms with Crippen molar-refractivity contribution in [1.82, 2.24) is 15.6 Å². The Balaban J connectivity index is 1.92. The molecule has 0 aromatic carbocycles. The van der Waals surface area contributed by atoms with E-state index < -0.39 is 0 Å². The summed E-state index contributed by atoms with van der Waals surface area (Å²) in [5.74, 6) is 1.64. The number of guanidine groups is 1. The average molecular weight is 278 g/mol. The molecule has 0 aliphatic heterocycles. The number of hydrogen-bond donors (Lipinski definition) is 2. The first-order valence-corrected chi connectivity index (χ1v) is 7.11. The van der Waals surface area contributed by atoms with E-state index in [1.54, 1.807) is 17.6 Å². The zero-order valence-electron chi connectivity index (χ0n) is 11.1. The number of rotatable bonds is 5. The molecule has 6 heteroatoms. The van der Waals surface area contributed by atoms with Crippen LogP contribution < -0.4 is 10.6 Å². The maximum Gasteiger partial charge on any atom is 0.191 e. The van der Waals surface area contributed by atoms with Gasteiger partial charge in [-0.3, -0.25) is 0 Å². The van der Waals surface area contributed by atoms with Crippen LogP contribution in [0.1, 0.15) is 23.3 Å². The lowest BCUT2D eigenvalue weighted by Crippen LogP contribution is -2.36. The van der Waals surface area contributed by atoms with Crippen molar-refractivity contribution in [2.45, 2.75) is 26.9 Å². The number of aryl methyl sites for hydroxylation is 1. The number of nitrogens with one attached hydrogen (secondary N) is 2. The highest BCUT2D eigenvalue weighted by Gasteiger charge is 2.03. The molecule has 2 heterocycles. The molecular formula is C13H18N4OS. The van der Waals surface area contributed by atoms with Crippen molar-refractivity contribution in [3.63, 3.8) is 0 Å². The Morgan fingerprint density at radius 3 is 3.00 bits per heavy atom. The summed E-state index contributed by atoms with van der Waals surface area (Å²) in [6.45, 7) is 6.15. The van der Waals surface area contributed by atoms with E-state index >= 15 is 0 Å². The summed E-state index contributed by atoms with van der Waals surface area (Å²) in [5.41, 5.74) is 2.93. The molecule has 0 radical (unpaired) electrons. The lowest BCUT2D eigenvalue weighted by atomic mass is 10.4. The Kier molecular flexibility index (Phi) is 4.97. The maximum absolute atomic E-state index is 5.26. The third-order valence-electron chi connectivity index (χ3n) is 2.58. The fraction of sp³-hybridized carbons (Fsp3) is 0.385. The summed E-state index contributed by atoms with van der Waals surface area (Å²) in [5, 5.41) is 6.50. The molecule has 5 nitrogen and oxygen atoms in total. The van der Waals surface area contributed by atoms with Gasteiger partial charge in [0.15, 0.2) is 5.96 Å². The fourth-order valence-electron chi connectivity index (χ4n) is 1.56. The van der Waals surface area contributed by atoms with Crippen molar-refractivity contribution in [3.8, 4) is 0 Å². The van der Waals surface area contributed by atoms with Crippen LogP contribution in [0.25, 0.3) is 0 Å². The topological polar surface area (TPSA) is 62.5 Å². The summed E-state index contributed by atoms with van der Waals surface area (Å²) in [4.78, 5) is 9.93. The van der Waals surface area contributed by atoms with Gasteiger partial charge in [0, 0.05) is 11.4 Å². The first-order chi connectivity index (χ1) is 9.29. The van der Waals surface area contributed by atoms with E-state index in [1.165, 1.54) is 4.88 Å². The van der Waals surface area contributed by atoms with Crippen LogP contribution in [0, 0.1) is 6.92 Å². The second kappa shape index (κ2) is 6.94. The van der Waals surface area contributed by atoms with Crippen LogP contribution in [0.5, 0.6) is 0 Å². The van der Waals surface area contributed by atoms with E-state index in [9.17, 15) is 0 Å². The largest absolute Gasteiger partial charge is 0.467 e. The predicted octanol–water partition coefficient (Wildman–Crippen LogP) is 2.30. The minimum atomic E-state index is 0.532. The van der Waals surface area contributed by atoms with E-state index in [0.29, 0.717) is 6.54 Å². The monoisotopic (exact) mass is 278 g/mol. The van der Waals surface area contributed by atoms with Crippen LogP contribution in [0.4, 0.5) is 0 Å². The second-order valence-electron chi connectivity index (χ2n) is 3.99. The van der Waals surface area contributed by atoms with Crippen LogP contribution in [-0.2, 0) is 13.1 Å². The third kappa shape index (κ3) is 4.10. The third-order valence-corrected chi connectivity index (χ3v) is 3.51. The quantitative estimate of drug-likeness (QED) is 0.651. The number of hydrogen-bond acceptors (Lipinski definition) is 4. The highest BCUT2D eigenvalue weighted by atomic mass is 32.1. The maximum atomic E-state index is 5.26. The van der Waals surface area contributed by atoms with Crippen molar-refractivity contribution < 1.29 is 4.42 Å². The van der Waals surface area contributed by atoms with E-state index in [4.69, 9.17) is 4.42 Å². The van der Waals surface area contributed by atoms with Gasteiger partial charge in [0.05, 0.1) is 24.0 Å². The van der Waals surface area contributed by atoms with Gasteiger partial charge in [0.2, 0.25) is 0 Å². The summed E-state index contributed by atoms with van der Waals surface area (Å²) in [6, 6.07) is 3.78. The summed E-state index contributed by atoms with van der Waals surface area (Å²) in [7, 11) is 0. The van der Waals surface area contributed by atoms with Gasteiger partial charge in [-0.05, 0) is 26.0 Å². The lowest BCUT2D eigenvalue weighted by Gasteiger charge is -2.10. The van der Waals surface area contributed by atoms with Gasteiger partial charge in [0.1, 0.15) is 12.3 Å². The van der Waals surface area contributed by atoms with Gasteiger partial charge >= 0.3 is 0 Å². The van der Waals surface area contributed by atoms with Gasteiger partial charge < -0.3 is 15.1 Å². The number of nitrogens with zero attached hydrogens (tertiary/aromatic N) is 2. The summed E-state index contributed by atoms with van der Waals surface area (Å²) >= 11 is 1.65. The van der Waals surface area contributed by atoms with Crippen molar-refractivity contribution in [2.24, 2.45) is 4.99 Å². The van der Waals surface area contributed by atoms with Crippen LogP contribution >= 0.6 is 11.3 Å². The van der Waals surface area contributed by atoms with E-state index in [1.807, 2.05) is 31.5 Å². The SMILES string of the molecule is CCNC(=NCc1ccco1)NCc1scnc1C. The molecule has 0 amide bonds. The normalized spacial score (nSPS) is 11.6. The van der Waals surface area contributed by atoms with Crippen molar-refractivity contribution in [2.75, 3.05) is 6.54 Å². The van der Waals surface area contributed by atoms with Crippen LogP contribution in [0.2, 0.25) is 0 Å². The lowest BCUT2D eigenvalue weighted by molar-refractivity contribution is 0.512. The van der Waals surface area contributed by atoms with Gasteiger partial charge in [-0.25, -0.2) is 9.98 Å². The fourth-order valence-corrected chi connectivity index (χ4v) is 2.28. The van der Waals surface area contributed by atoms with Crippen LogP contribution in [-0.4, -0.2) is 17.5 Å². The molecular weight excluding hydrogens is 260 g/mol. The van der Waals surface area contributed by atoms with E-state index in [0.717, 1.165) is 30.5 Å². The van der Waals surface area contributed by atoms with Crippen LogP contribution in [0.15, 0.2) is 33.3 Å². The Labute approximate surface area is 116 Å². The average Bonchev–Trinajstić information content (AvgIpc) is 3.04. The van der Waals surface area contributed by atoms with Crippen LogP contribution in [0.3, 0.4) is 0 Å². The minimum Gasteiger partial charge on any atom is -0.467 e. The Bertz CT molecular complexity index is 518. The van der Waals surface area contributed by atoms with Gasteiger partial charge in [-0.2, -0.15) is 0 Å². The summed E-state index contributed by atoms with van der Waals surface area (Å²) in [6.07, 6.45) is 1.66. The van der Waals surface area contributed by atoms with Crippen molar-refractivity contribution >= 4 is 17.3 Å². The smallest absolute Gasteiger partial charge is 0.191 e. The molecule has 0 fully saturated rings. The number of thiazole rings is 1. The van der Waals surface area contributed by atoms with Gasteiger partial charge in [-0.15, -0.1) is 11.3 Å². The molecule has 2 N–H and O–H groups in total. The molecule has 2 rings (SSSR count). The molecule has 0 bridgehead atoms. The molecule has 0 unspecified atom stereocenters. The molecule has 102 valence electrons. The van der Waals surface area contributed by atoms with Gasteiger partial charge in [-0.1, -0.05) is 0 Å². The first-order valence-electron chi connectivity index (χ1n) is 6.23. The standard InChI is InChI=1S/C13H18N4OS/c1-3-14-13(15-7-11-5-4-6-18-11)16-8-12-10(2)17-9-19-12/h4-6,9H,3,7-8H2,1-2H3,(H2,14,15,16). The van der Waals surface area contributed by atoms with E-state index in [-0.39, 0.29) is 0 Å². The summed E-state index contributed by atoms with van der Waals surface area (Å²) < 4.78 is 5.26. The van der Waals surface area contributed by atoms with Crippen molar-refractivity contribution in [3.05, 3.63) is 40.2 Å².